The molecule has 1 heterocycles. The van der Waals surface area contributed by atoms with E-state index in [4.69, 9.17) is 4.74 Å². The molecule has 0 bridgehead atoms. The van der Waals surface area contributed by atoms with E-state index in [-0.39, 0.29) is 23.8 Å². The van der Waals surface area contributed by atoms with E-state index in [0.717, 1.165) is 43.4 Å². The van der Waals surface area contributed by atoms with E-state index in [2.05, 4.69) is 43.1 Å². The maximum Gasteiger partial charge on any atom is 0.355 e. The lowest BCUT2D eigenvalue weighted by Crippen LogP contribution is -2.21. The zero-order chi connectivity index (χ0) is 19.8. The normalized spacial score (nSPS) is 24.2. The lowest BCUT2D eigenvalue weighted by molar-refractivity contribution is 0.0219. The van der Waals surface area contributed by atoms with Crippen LogP contribution in [0.25, 0.3) is 0 Å². The summed E-state index contributed by atoms with van der Waals surface area (Å²) < 4.78 is 5.76. The van der Waals surface area contributed by atoms with E-state index in [9.17, 15) is 9.59 Å². The zero-order valence-corrected chi connectivity index (χ0v) is 17.0. The summed E-state index contributed by atoms with van der Waals surface area (Å²) in [6.45, 7) is 6.13. The number of hydrogen-bond donors (Lipinski definition) is 1. The van der Waals surface area contributed by atoms with Crippen LogP contribution in [0, 0.1) is 12.8 Å². The molecule has 1 N–H and O–H groups in total. The lowest BCUT2D eigenvalue weighted by Gasteiger charge is -2.22. The van der Waals surface area contributed by atoms with Crippen LogP contribution in [0.15, 0.2) is 24.3 Å². The van der Waals surface area contributed by atoms with Gasteiger partial charge in [-0.1, -0.05) is 38.1 Å². The molecule has 2 aromatic rings. The summed E-state index contributed by atoms with van der Waals surface area (Å²) in [5, 5.41) is 0. The minimum absolute atomic E-state index is 0.00671. The fourth-order valence-electron chi connectivity index (χ4n) is 4.78. The second-order valence-corrected chi connectivity index (χ2v) is 8.45. The molecule has 3 atom stereocenters. The van der Waals surface area contributed by atoms with E-state index < -0.39 is 0 Å². The van der Waals surface area contributed by atoms with E-state index in [1.165, 1.54) is 11.1 Å². The Bertz CT molecular complexity index is 893. The number of H-pyrrole nitrogens is 1. The topological polar surface area (TPSA) is 59.2 Å². The number of nitrogens with one attached hydrogen (secondary N) is 1. The van der Waals surface area contributed by atoms with Gasteiger partial charge in [-0.3, -0.25) is 4.79 Å². The Balaban J connectivity index is 1.56. The van der Waals surface area contributed by atoms with Crippen molar-refractivity contribution in [3.05, 3.63) is 57.9 Å². The molecule has 0 aliphatic heterocycles. The van der Waals surface area contributed by atoms with Crippen molar-refractivity contribution in [2.24, 2.45) is 5.92 Å². The standard InChI is InChI=1S/C24H29NO3/c1-4-16-8-10-17(11-9-16)18-12-19-22(20(26)13-18)15(3)23(25-19)24(27)28-21-7-5-6-14(21)2/h8-11,14,18,21,25H,4-7,12-13H2,1-3H3. The quantitative estimate of drug-likeness (QED) is 0.748. The van der Waals surface area contributed by atoms with Crippen molar-refractivity contribution in [1.29, 1.82) is 0 Å². The second-order valence-electron chi connectivity index (χ2n) is 8.45. The minimum atomic E-state index is -0.317. The first kappa shape index (κ1) is 19.0. The predicted molar refractivity (Wildman–Crippen MR) is 109 cm³/mol. The molecule has 148 valence electrons. The third kappa shape index (κ3) is 3.41. The lowest BCUT2D eigenvalue weighted by atomic mass is 9.81. The number of carbonyl (C=O) groups excluding carboxylic acids is 2. The van der Waals surface area contributed by atoms with Gasteiger partial charge in [0, 0.05) is 17.7 Å². The zero-order valence-electron chi connectivity index (χ0n) is 17.0. The maximum atomic E-state index is 12.9. The van der Waals surface area contributed by atoms with Gasteiger partial charge < -0.3 is 9.72 Å². The first-order valence-electron chi connectivity index (χ1n) is 10.5. The van der Waals surface area contributed by atoms with Gasteiger partial charge in [0.1, 0.15) is 11.8 Å². The molecular formula is C24H29NO3. The number of rotatable bonds is 4. The highest BCUT2D eigenvalue weighted by Crippen LogP contribution is 2.36. The minimum Gasteiger partial charge on any atom is -0.457 e. The third-order valence-corrected chi connectivity index (χ3v) is 6.59. The van der Waals surface area contributed by atoms with Crippen LogP contribution >= 0.6 is 0 Å². The second kappa shape index (κ2) is 7.57. The number of aromatic amines is 1. The first-order chi connectivity index (χ1) is 13.5. The molecule has 0 saturated heterocycles. The van der Waals surface area contributed by atoms with Gasteiger partial charge >= 0.3 is 5.97 Å². The number of benzene rings is 1. The van der Waals surface area contributed by atoms with E-state index >= 15 is 0 Å². The number of aryl methyl sites for hydroxylation is 1. The van der Waals surface area contributed by atoms with Crippen molar-refractivity contribution in [3.63, 3.8) is 0 Å². The number of ketones is 1. The maximum absolute atomic E-state index is 12.9. The summed E-state index contributed by atoms with van der Waals surface area (Å²) in [5.41, 5.74) is 5.27. The highest BCUT2D eigenvalue weighted by atomic mass is 16.5. The van der Waals surface area contributed by atoms with Crippen LogP contribution in [0.1, 0.15) is 88.7 Å². The molecule has 4 heteroatoms. The number of Topliss-reactive ketones (excluding diaryl/α,β-unsaturated/α-hetero) is 1. The Kier molecular flexibility index (Phi) is 5.13. The molecule has 2 aliphatic carbocycles. The van der Waals surface area contributed by atoms with Crippen LogP contribution in [0.5, 0.6) is 0 Å². The van der Waals surface area contributed by atoms with Crippen LogP contribution in [-0.2, 0) is 17.6 Å². The average molecular weight is 380 g/mol. The smallest absolute Gasteiger partial charge is 0.355 e. The number of fused-ring (bicyclic) bond motifs is 1. The van der Waals surface area contributed by atoms with Crippen LogP contribution in [0.4, 0.5) is 0 Å². The van der Waals surface area contributed by atoms with Crippen molar-refractivity contribution in [2.45, 2.75) is 71.3 Å². The number of aromatic nitrogens is 1. The molecule has 1 fully saturated rings. The number of esters is 1. The summed E-state index contributed by atoms with van der Waals surface area (Å²) in [4.78, 5) is 28.9. The SMILES string of the molecule is CCc1ccc(C2CC(=O)c3c([nH]c(C(=O)OC4CCCC4C)c3C)C2)cc1. The molecule has 0 radical (unpaired) electrons. The monoisotopic (exact) mass is 379 g/mol. The van der Waals surface area contributed by atoms with Gasteiger partial charge in [-0.2, -0.15) is 0 Å². The molecule has 0 amide bonds. The molecule has 1 aromatic heterocycles. The molecule has 3 unspecified atom stereocenters. The molecule has 1 saturated carbocycles. The molecule has 4 rings (SSSR count). The average Bonchev–Trinajstić information content (AvgIpc) is 3.25. The Morgan fingerprint density at radius 3 is 2.57 bits per heavy atom. The Morgan fingerprint density at radius 2 is 1.93 bits per heavy atom. The van der Waals surface area contributed by atoms with Crippen molar-refractivity contribution in [2.75, 3.05) is 0 Å². The Hall–Kier alpha value is -2.36. The van der Waals surface area contributed by atoms with Gasteiger partial charge in [-0.15, -0.1) is 0 Å². The fraction of sp³-hybridized carbons (Fsp3) is 0.500. The van der Waals surface area contributed by atoms with E-state index in [0.29, 0.717) is 23.6 Å². The largest absolute Gasteiger partial charge is 0.457 e. The molecule has 1 aromatic carbocycles. The Morgan fingerprint density at radius 1 is 1.18 bits per heavy atom. The van der Waals surface area contributed by atoms with Crippen molar-refractivity contribution in [1.82, 2.24) is 4.98 Å². The summed E-state index contributed by atoms with van der Waals surface area (Å²) in [7, 11) is 0. The number of ether oxygens (including phenoxy) is 1. The summed E-state index contributed by atoms with van der Waals surface area (Å²) in [6, 6.07) is 8.55. The summed E-state index contributed by atoms with van der Waals surface area (Å²) in [5.74, 6) is 0.365. The number of carbonyl (C=O) groups is 2. The van der Waals surface area contributed by atoms with Gasteiger partial charge in [0.2, 0.25) is 0 Å². The van der Waals surface area contributed by atoms with Gasteiger partial charge in [-0.05, 0) is 67.6 Å². The van der Waals surface area contributed by atoms with Crippen LogP contribution in [-0.4, -0.2) is 22.8 Å². The number of hydrogen-bond acceptors (Lipinski definition) is 3. The van der Waals surface area contributed by atoms with Gasteiger partial charge in [0.25, 0.3) is 0 Å². The molecule has 28 heavy (non-hydrogen) atoms. The fourth-order valence-corrected chi connectivity index (χ4v) is 4.78. The highest BCUT2D eigenvalue weighted by molar-refractivity contribution is 6.03. The van der Waals surface area contributed by atoms with Gasteiger partial charge in [0.15, 0.2) is 5.78 Å². The molecule has 2 aliphatic rings. The van der Waals surface area contributed by atoms with Crippen molar-refractivity contribution in [3.8, 4) is 0 Å². The van der Waals surface area contributed by atoms with E-state index in [1.807, 2.05) is 6.92 Å². The van der Waals surface area contributed by atoms with Crippen LogP contribution < -0.4 is 0 Å². The Labute approximate surface area is 166 Å². The molecule has 4 nitrogen and oxygen atoms in total. The predicted octanol–water partition coefficient (Wildman–Crippen LogP) is 5.14. The van der Waals surface area contributed by atoms with E-state index in [1.54, 1.807) is 0 Å². The molecular weight excluding hydrogens is 350 g/mol. The summed E-state index contributed by atoms with van der Waals surface area (Å²) in [6.07, 6.45) is 5.39. The van der Waals surface area contributed by atoms with Crippen LogP contribution in [0.2, 0.25) is 0 Å². The van der Waals surface area contributed by atoms with Gasteiger partial charge in [0.05, 0.1) is 0 Å². The highest BCUT2D eigenvalue weighted by Gasteiger charge is 2.34. The summed E-state index contributed by atoms with van der Waals surface area (Å²) >= 11 is 0. The molecule has 0 spiro atoms. The van der Waals surface area contributed by atoms with Crippen molar-refractivity contribution >= 4 is 11.8 Å². The van der Waals surface area contributed by atoms with Gasteiger partial charge in [-0.25, -0.2) is 4.79 Å². The first-order valence-corrected chi connectivity index (χ1v) is 10.5. The van der Waals surface area contributed by atoms with Crippen LogP contribution in [0.3, 0.4) is 0 Å². The third-order valence-electron chi connectivity index (χ3n) is 6.59. The van der Waals surface area contributed by atoms with Crippen molar-refractivity contribution < 1.29 is 14.3 Å².